The average molecular weight is 488 g/mol. The van der Waals surface area contributed by atoms with Gasteiger partial charge >= 0.3 is 12.2 Å². The van der Waals surface area contributed by atoms with Gasteiger partial charge in [0.2, 0.25) is 0 Å². The third-order valence-electron chi connectivity index (χ3n) is 7.00. The molecule has 2 atom stereocenters. The fourth-order valence-electron chi connectivity index (χ4n) is 5.02. The van der Waals surface area contributed by atoms with Crippen LogP contribution in [0.5, 0.6) is 0 Å². The van der Waals surface area contributed by atoms with Crippen LogP contribution in [0.3, 0.4) is 0 Å². The molecule has 1 unspecified atom stereocenters. The second kappa shape index (κ2) is 8.24. The van der Waals surface area contributed by atoms with Crippen LogP contribution < -0.4 is 11.1 Å². The molecule has 2 aliphatic heterocycles. The van der Waals surface area contributed by atoms with E-state index in [2.05, 4.69) is 15.4 Å². The van der Waals surface area contributed by atoms with Crippen LogP contribution in [0.25, 0.3) is 11.3 Å². The highest BCUT2D eigenvalue weighted by Gasteiger charge is 2.47. The number of halogens is 4. The zero-order valence-electron chi connectivity index (χ0n) is 18.9. The molecule has 0 aliphatic carbocycles. The summed E-state index contributed by atoms with van der Waals surface area (Å²) in [6.07, 6.45) is -1.80. The van der Waals surface area contributed by atoms with Crippen LogP contribution in [-0.4, -0.2) is 38.8 Å². The van der Waals surface area contributed by atoms with Crippen LogP contribution >= 0.6 is 0 Å². The first-order valence-electron chi connectivity index (χ1n) is 11.3. The Labute approximate surface area is 198 Å². The fraction of sp³-hybridized carbons (Fsp3) is 0.375. The van der Waals surface area contributed by atoms with Gasteiger partial charge in [-0.2, -0.15) is 18.3 Å². The molecule has 35 heavy (non-hydrogen) atoms. The van der Waals surface area contributed by atoms with E-state index in [0.717, 1.165) is 30.2 Å². The Morgan fingerprint density at radius 3 is 2.60 bits per heavy atom. The lowest BCUT2D eigenvalue weighted by atomic mass is 9.82. The standard InChI is InChI=1S/C24H24F4N6O/c1-14(15-2-4-17(25)5-3-15)31-22(35)33-8-6-23(13-33)7-9-34-20(23)11-19(32-34)16-10-18(24(26,27)28)21(29)30-12-16/h2-5,10-12,14H,6-9,13H2,1H3,(H2,29,30)(H,31,35)/t14-,23?/m0/s1. The number of hydrogen-bond acceptors (Lipinski definition) is 4. The summed E-state index contributed by atoms with van der Waals surface area (Å²) in [6.45, 7) is 3.48. The lowest BCUT2D eigenvalue weighted by Crippen LogP contribution is -2.41. The van der Waals surface area contributed by atoms with Gasteiger partial charge in [0.1, 0.15) is 11.6 Å². The highest BCUT2D eigenvalue weighted by molar-refractivity contribution is 5.75. The van der Waals surface area contributed by atoms with Gasteiger partial charge in [-0.1, -0.05) is 12.1 Å². The molecule has 4 heterocycles. The molecule has 0 radical (unpaired) electrons. The predicted molar refractivity (Wildman–Crippen MR) is 121 cm³/mol. The number of nitrogen functional groups attached to an aromatic ring is 1. The Morgan fingerprint density at radius 2 is 1.89 bits per heavy atom. The van der Waals surface area contributed by atoms with Gasteiger partial charge in [-0.05, 0) is 49.6 Å². The number of benzene rings is 1. The van der Waals surface area contributed by atoms with Gasteiger partial charge in [-0.15, -0.1) is 0 Å². The van der Waals surface area contributed by atoms with Crippen molar-refractivity contribution in [3.8, 4) is 11.3 Å². The van der Waals surface area contributed by atoms with E-state index in [1.165, 1.54) is 18.3 Å². The van der Waals surface area contributed by atoms with E-state index >= 15 is 0 Å². The molecule has 2 aliphatic rings. The Morgan fingerprint density at radius 1 is 1.17 bits per heavy atom. The number of anilines is 1. The van der Waals surface area contributed by atoms with Crippen molar-refractivity contribution in [2.75, 3.05) is 18.8 Å². The summed E-state index contributed by atoms with van der Waals surface area (Å²) in [6, 6.07) is 8.25. The summed E-state index contributed by atoms with van der Waals surface area (Å²) in [5, 5.41) is 7.48. The van der Waals surface area contributed by atoms with Crippen molar-refractivity contribution in [2.45, 2.75) is 43.9 Å². The van der Waals surface area contributed by atoms with Gasteiger partial charge in [0.05, 0.1) is 17.3 Å². The summed E-state index contributed by atoms with van der Waals surface area (Å²) in [4.78, 5) is 18.4. The first-order chi connectivity index (χ1) is 16.6. The number of pyridine rings is 1. The smallest absolute Gasteiger partial charge is 0.383 e. The van der Waals surface area contributed by atoms with E-state index in [1.807, 2.05) is 11.6 Å². The molecule has 7 nitrogen and oxygen atoms in total. The Hall–Kier alpha value is -3.63. The zero-order chi connectivity index (χ0) is 25.0. The van der Waals surface area contributed by atoms with E-state index < -0.39 is 17.6 Å². The van der Waals surface area contributed by atoms with E-state index in [0.29, 0.717) is 25.3 Å². The minimum Gasteiger partial charge on any atom is -0.383 e. The number of amides is 2. The Balaban J connectivity index is 1.33. The maximum absolute atomic E-state index is 13.3. The van der Waals surface area contributed by atoms with Gasteiger partial charge in [0.25, 0.3) is 0 Å². The van der Waals surface area contributed by atoms with E-state index in [9.17, 15) is 22.4 Å². The number of rotatable bonds is 3. The van der Waals surface area contributed by atoms with Crippen molar-refractivity contribution in [3.05, 3.63) is 65.2 Å². The molecule has 3 aromatic rings. The van der Waals surface area contributed by atoms with Gasteiger partial charge in [-0.3, -0.25) is 4.68 Å². The second-order valence-electron chi connectivity index (χ2n) is 9.22. The van der Waals surface area contributed by atoms with Gasteiger partial charge < -0.3 is 16.0 Å². The SMILES string of the molecule is C[C@H](NC(=O)N1CCC2(CCn3nc(-c4cnc(N)c(C(F)(F)F)c4)cc32)C1)c1ccc(F)cc1. The van der Waals surface area contributed by atoms with Gasteiger partial charge in [0, 0.05) is 42.5 Å². The number of carbonyl (C=O) groups excluding carboxylic acids is 1. The number of aryl methyl sites for hydroxylation is 1. The average Bonchev–Trinajstić information content (AvgIpc) is 3.51. The number of alkyl halides is 3. The number of nitrogens with one attached hydrogen (secondary N) is 1. The van der Waals surface area contributed by atoms with Crippen molar-refractivity contribution in [2.24, 2.45) is 0 Å². The fourth-order valence-corrected chi connectivity index (χ4v) is 5.02. The minimum atomic E-state index is -4.61. The molecular formula is C24H24F4N6O. The largest absolute Gasteiger partial charge is 0.419 e. The third-order valence-corrected chi connectivity index (χ3v) is 7.00. The van der Waals surface area contributed by atoms with Crippen LogP contribution in [0, 0.1) is 5.82 Å². The normalized spacial score (nSPS) is 20.3. The van der Waals surface area contributed by atoms with Crippen molar-refractivity contribution in [1.29, 1.82) is 0 Å². The number of likely N-dealkylation sites (tertiary alicyclic amines) is 1. The van der Waals surface area contributed by atoms with Crippen molar-refractivity contribution in [1.82, 2.24) is 25.0 Å². The molecular weight excluding hydrogens is 464 g/mol. The zero-order valence-corrected chi connectivity index (χ0v) is 18.9. The number of hydrogen-bond donors (Lipinski definition) is 2. The summed E-state index contributed by atoms with van der Waals surface area (Å²) in [5.41, 5.74) is 6.46. The van der Waals surface area contributed by atoms with Crippen LogP contribution in [-0.2, 0) is 18.1 Å². The molecule has 1 fully saturated rings. The monoisotopic (exact) mass is 488 g/mol. The second-order valence-corrected chi connectivity index (χ2v) is 9.22. The first-order valence-corrected chi connectivity index (χ1v) is 11.3. The number of nitrogens with two attached hydrogens (primary N) is 1. The number of urea groups is 1. The molecule has 2 aromatic heterocycles. The third kappa shape index (κ3) is 4.19. The van der Waals surface area contributed by atoms with E-state index in [1.54, 1.807) is 23.1 Å². The number of aromatic nitrogens is 3. The quantitative estimate of drug-likeness (QED) is 0.532. The number of fused-ring (bicyclic) bond motifs is 2. The topological polar surface area (TPSA) is 89.1 Å². The molecule has 184 valence electrons. The maximum atomic E-state index is 13.3. The molecule has 1 aromatic carbocycles. The van der Waals surface area contributed by atoms with Crippen LogP contribution in [0.15, 0.2) is 42.6 Å². The molecule has 0 bridgehead atoms. The van der Waals surface area contributed by atoms with Crippen LogP contribution in [0.4, 0.5) is 28.2 Å². The first kappa shape index (κ1) is 23.1. The Bertz CT molecular complexity index is 1270. The van der Waals surface area contributed by atoms with Crippen molar-refractivity contribution >= 4 is 11.8 Å². The number of nitrogens with zero attached hydrogens (tertiary/aromatic N) is 4. The highest BCUT2D eigenvalue weighted by atomic mass is 19.4. The van der Waals surface area contributed by atoms with Gasteiger partial charge in [-0.25, -0.2) is 14.2 Å². The van der Waals surface area contributed by atoms with Crippen molar-refractivity contribution in [3.63, 3.8) is 0 Å². The maximum Gasteiger partial charge on any atom is 0.419 e. The van der Waals surface area contributed by atoms with Crippen LogP contribution in [0.2, 0.25) is 0 Å². The molecule has 1 saturated heterocycles. The van der Waals surface area contributed by atoms with E-state index in [4.69, 9.17) is 5.73 Å². The molecule has 11 heteroatoms. The summed E-state index contributed by atoms with van der Waals surface area (Å²) in [7, 11) is 0. The molecule has 2 amide bonds. The molecule has 0 saturated carbocycles. The Kier molecular flexibility index (Phi) is 5.45. The summed E-state index contributed by atoms with van der Waals surface area (Å²) < 4.78 is 54.8. The summed E-state index contributed by atoms with van der Waals surface area (Å²) >= 11 is 0. The molecule has 5 rings (SSSR count). The van der Waals surface area contributed by atoms with Gasteiger partial charge in [0.15, 0.2) is 0 Å². The van der Waals surface area contributed by atoms with Crippen LogP contribution in [0.1, 0.15) is 42.6 Å². The minimum absolute atomic E-state index is 0.213. The molecule has 3 N–H and O–H groups in total. The van der Waals surface area contributed by atoms with E-state index in [-0.39, 0.29) is 28.9 Å². The lowest BCUT2D eigenvalue weighted by Gasteiger charge is -2.25. The number of carbonyl (C=O) groups is 1. The lowest BCUT2D eigenvalue weighted by molar-refractivity contribution is -0.137. The summed E-state index contributed by atoms with van der Waals surface area (Å²) in [5.74, 6) is -0.910. The predicted octanol–water partition coefficient (Wildman–Crippen LogP) is 4.50. The van der Waals surface area contributed by atoms with Crippen molar-refractivity contribution < 1.29 is 22.4 Å². The molecule has 1 spiro atoms. The highest BCUT2D eigenvalue weighted by Crippen LogP contribution is 2.44.